The Labute approximate surface area is 97.0 Å². The number of halogens is 2. The number of nitrogens with zero attached hydrogens (tertiary/aromatic N) is 2. The second-order valence-electron chi connectivity index (χ2n) is 3.07. The van der Waals surface area contributed by atoms with Crippen LogP contribution in [0.3, 0.4) is 0 Å². The van der Waals surface area contributed by atoms with Gasteiger partial charge >= 0.3 is 0 Å². The Morgan fingerprint density at radius 3 is 2.50 bits per heavy atom. The van der Waals surface area contributed by atoms with Crippen molar-refractivity contribution in [3.63, 3.8) is 0 Å². The van der Waals surface area contributed by atoms with Gasteiger partial charge in [-0.15, -0.1) is 0 Å². The fraction of sp³-hybridized carbons (Fsp3) is 0.500. The summed E-state index contributed by atoms with van der Waals surface area (Å²) in [7, 11) is 2.82. The number of rotatable bonds is 5. The summed E-state index contributed by atoms with van der Waals surface area (Å²) in [6.07, 6.45) is 1.92. The zero-order chi connectivity index (χ0) is 12.2. The molecule has 0 aliphatic carbocycles. The largest absolute Gasteiger partial charge is 0.383 e. The maximum atomic E-state index is 12.5. The molecule has 0 fully saturated rings. The minimum atomic E-state index is -3.76. The summed E-state index contributed by atoms with van der Waals surface area (Å²) in [6.45, 7) is -0.0629. The van der Waals surface area contributed by atoms with Crippen molar-refractivity contribution in [2.24, 2.45) is 0 Å². The molecule has 1 aromatic heterocycles. The van der Waals surface area contributed by atoms with Crippen LogP contribution in [0.25, 0.3) is 0 Å². The van der Waals surface area contributed by atoms with Crippen molar-refractivity contribution in [3.05, 3.63) is 24.0 Å². The van der Waals surface area contributed by atoms with Gasteiger partial charge in [0.05, 0.1) is 19.0 Å². The predicted octanol–water partition coefficient (Wildman–Crippen LogP) is 0.742. The maximum absolute atomic E-state index is 12.5. The molecule has 90 valence electrons. The van der Waals surface area contributed by atoms with E-state index in [1.807, 2.05) is 0 Å². The number of methoxy groups -OCH3 is 1. The molecule has 0 saturated heterocycles. The SMILES string of the molecule is COC[C@@H](Cc1ncc(F)cn1)S(=O)(=O)Cl. The standard InChI is InChI=1S/C8H10ClFN2O3S/c1-15-5-7(16(9,13)14)2-8-11-3-6(10)4-12-8/h3-4,7H,2,5H2,1H3/t7-/m1/s1. The number of aromatic nitrogens is 2. The molecule has 0 saturated carbocycles. The van der Waals surface area contributed by atoms with Gasteiger partial charge in [0.15, 0.2) is 5.82 Å². The summed E-state index contributed by atoms with van der Waals surface area (Å²) < 4.78 is 39.5. The Hall–Kier alpha value is -0.790. The van der Waals surface area contributed by atoms with Gasteiger partial charge in [0.1, 0.15) is 11.1 Å². The summed E-state index contributed by atoms with van der Waals surface area (Å²) in [5, 5.41) is -0.940. The molecule has 0 bridgehead atoms. The van der Waals surface area contributed by atoms with E-state index in [-0.39, 0.29) is 18.9 Å². The Bertz CT molecular complexity index is 437. The van der Waals surface area contributed by atoms with E-state index >= 15 is 0 Å². The Kier molecular flexibility index (Phi) is 4.57. The fourth-order valence-corrected chi connectivity index (χ4v) is 2.06. The summed E-state index contributed by atoms with van der Waals surface area (Å²) in [5.74, 6) is -0.381. The zero-order valence-electron chi connectivity index (χ0n) is 8.43. The Balaban J connectivity index is 2.80. The van der Waals surface area contributed by atoms with Gasteiger partial charge in [-0.2, -0.15) is 0 Å². The molecular weight excluding hydrogens is 259 g/mol. The van der Waals surface area contributed by atoms with Gasteiger partial charge in [0.25, 0.3) is 0 Å². The van der Waals surface area contributed by atoms with Gasteiger partial charge in [0.2, 0.25) is 9.05 Å². The second kappa shape index (κ2) is 5.51. The smallest absolute Gasteiger partial charge is 0.238 e. The van der Waals surface area contributed by atoms with E-state index in [4.69, 9.17) is 15.4 Å². The van der Waals surface area contributed by atoms with Gasteiger partial charge in [-0.05, 0) is 0 Å². The lowest BCUT2D eigenvalue weighted by atomic mass is 10.3. The molecule has 0 aliphatic heterocycles. The van der Waals surface area contributed by atoms with E-state index in [2.05, 4.69) is 9.97 Å². The normalized spacial score (nSPS) is 13.7. The molecule has 16 heavy (non-hydrogen) atoms. The van der Waals surface area contributed by atoms with Crippen molar-refractivity contribution < 1.29 is 17.5 Å². The van der Waals surface area contributed by atoms with Crippen molar-refractivity contribution in [3.8, 4) is 0 Å². The molecule has 0 aromatic carbocycles. The molecule has 1 atom stereocenters. The quantitative estimate of drug-likeness (QED) is 0.737. The number of hydrogen-bond acceptors (Lipinski definition) is 5. The topological polar surface area (TPSA) is 69.2 Å². The van der Waals surface area contributed by atoms with Crippen LogP contribution in [0.1, 0.15) is 5.82 Å². The Morgan fingerprint density at radius 1 is 1.50 bits per heavy atom. The predicted molar refractivity (Wildman–Crippen MR) is 56.1 cm³/mol. The number of ether oxygens (including phenoxy) is 1. The average Bonchev–Trinajstić information content (AvgIpc) is 2.19. The third-order valence-electron chi connectivity index (χ3n) is 1.83. The van der Waals surface area contributed by atoms with E-state index in [0.29, 0.717) is 0 Å². The lowest BCUT2D eigenvalue weighted by Crippen LogP contribution is -2.25. The van der Waals surface area contributed by atoms with E-state index in [0.717, 1.165) is 12.4 Å². The highest BCUT2D eigenvalue weighted by molar-refractivity contribution is 8.14. The first-order chi connectivity index (χ1) is 7.43. The van der Waals surface area contributed by atoms with Crippen molar-refractivity contribution in [1.29, 1.82) is 0 Å². The maximum Gasteiger partial charge on any atom is 0.238 e. The molecule has 5 nitrogen and oxygen atoms in total. The average molecular weight is 269 g/mol. The molecule has 0 N–H and O–H groups in total. The molecule has 0 unspecified atom stereocenters. The van der Waals surface area contributed by atoms with Crippen LogP contribution < -0.4 is 0 Å². The molecule has 8 heteroatoms. The van der Waals surface area contributed by atoms with Crippen LogP contribution in [-0.2, 0) is 20.2 Å². The highest BCUT2D eigenvalue weighted by atomic mass is 35.7. The highest BCUT2D eigenvalue weighted by Crippen LogP contribution is 2.12. The van der Waals surface area contributed by atoms with Crippen LogP contribution in [0.4, 0.5) is 4.39 Å². The summed E-state index contributed by atoms with van der Waals surface area (Å²) >= 11 is 0. The van der Waals surface area contributed by atoms with Gasteiger partial charge in [-0.1, -0.05) is 0 Å². The van der Waals surface area contributed by atoms with Crippen LogP contribution in [0.5, 0.6) is 0 Å². The first-order valence-electron chi connectivity index (χ1n) is 4.32. The molecule has 1 aromatic rings. The first-order valence-corrected chi connectivity index (χ1v) is 6.69. The van der Waals surface area contributed by atoms with Crippen LogP contribution >= 0.6 is 10.7 Å². The molecule has 0 aliphatic rings. The zero-order valence-corrected chi connectivity index (χ0v) is 10.0. The van der Waals surface area contributed by atoms with Crippen LogP contribution in [0.2, 0.25) is 0 Å². The van der Waals surface area contributed by atoms with E-state index < -0.39 is 20.1 Å². The van der Waals surface area contributed by atoms with Gasteiger partial charge in [-0.25, -0.2) is 22.8 Å². The van der Waals surface area contributed by atoms with Crippen LogP contribution in [-0.4, -0.2) is 37.4 Å². The van der Waals surface area contributed by atoms with E-state index in [9.17, 15) is 12.8 Å². The molecule has 0 radical (unpaired) electrons. The molecule has 0 amide bonds. The highest BCUT2D eigenvalue weighted by Gasteiger charge is 2.24. The van der Waals surface area contributed by atoms with Crippen LogP contribution in [0.15, 0.2) is 12.4 Å². The second-order valence-corrected chi connectivity index (χ2v) is 5.98. The number of hydrogen-bond donors (Lipinski definition) is 0. The van der Waals surface area contributed by atoms with E-state index in [1.165, 1.54) is 7.11 Å². The summed E-state index contributed by atoms with van der Waals surface area (Å²) in [4.78, 5) is 7.30. The molecule has 1 rings (SSSR count). The third kappa shape index (κ3) is 3.99. The molecular formula is C8H10ClFN2O3S. The summed E-state index contributed by atoms with van der Waals surface area (Å²) in [6, 6.07) is 0. The van der Waals surface area contributed by atoms with Crippen molar-refractivity contribution in [2.75, 3.05) is 13.7 Å². The minimum absolute atomic E-state index is 0.0139. The molecule has 1 heterocycles. The lowest BCUT2D eigenvalue weighted by Gasteiger charge is -2.10. The Morgan fingerprint density at radius 2 is 2.06 bits per heavy atom. The first kappa shape index (κ1) is 13.3. The van der Waals surface area contributed by atoms with Crippen LogP contribution in [0, 0.1) is 5.82 Å². The third-order valence-corrected chi connectivity index (χ3v) is 3.69. The van der Waals surface area contributed by atoms with Crippen molar-refractivity contribution in [1.82, 2.24) is 9.97 Å². The van der Waals surface area contributed by atoms with Gasteiger partial charge < -0.3 is 4.74 Å². The van der Waals surface area contributed by atoms with Crippen molar-refractivity contribution >= 4 is 19.7 Å². The van der Waals surface area contributed by atoms with Crippen molar-refractivity contribution in [2.45, 2.75) is 11.7 Å². The van der Waals surface area contributed by atoms with Gasteiger partial charge in [-0.3, -0.25) is 0 Å². The minimum Gasteiger partial charge on any atom is -0.383 e. The van der Waals surface area contributed by atoms with Gasteiger partial charge in [0, 0.05) is 24.2 Å². The fourth-order valence-electron chi connectivity index (χ4n) is 1.07. The summed E-state index contributed by atoms with van der Waals surface area (Å²) in [5.41, 5.74) is 0. The van der Waals surface area contributed by atoms with E-state index in [1.54, 1.807) is 0 Å². The lowest BCUT2D eigenvalue weighted by molar-refractivity contribution is 0.196. The molecule has 0 spiro atoms. The monoisotopic (exact) mass is 268 g/mol.